The highest BCUT2D eigenvalue weighted by Gasteiger charge is 2.28. The van der Waals surface area contributed by atoms with Crippen molar-refractivity contribution in [3.05, 3.63) is 28.2 Å². The zero-order chi connectivity index (χ0) is 12.9. The van der Waals surface area contributed by atoms with Gasteiger partial charge < -0.3 is 10.5 Å². The van der Waals surface area contributed by atoms with Gasteiger partial charge in [-0.3, -0.25) is 0 Å². The quantitative estimate of drug-likeness (QED) is 0.873. The number of hydrogen-bond acceptors (Lipinski definition) is 2. The van der Waals surface area contributed by atoms with Crippen LogP contribution in [0.3, 0.4) is 0 Å². The lowest BCUT2D eigenvalue weighted by molar-refractivity contribution is 0.158. The van der Waals surface area contributed by atoms with Gasteiger partial charge in [-0.2, -0.15) is 0 Å². The number of rotatable bonds is 6. The molecule has 4 heteroatoms. The maximum atomic E-state index is 14.4. The van der Waals surface area contributed by atoms with Crippen molar-refractivity contribution in [3.8, 4) is 5.75 Å². The summed E-state index contributed by atoms with van der Waals surface area (Å²) in [5, 5.41) is 0. The molecule has 0 aliphatic heterocycles. The summed E-state index contributed by atoms with van der Waals surface area (Å²) in [6.07, 6.45) is 1.58. The van der Waals surface area contributed by atoms with Gasteiger partial charge in [-0.25, -0.2) is 4.39 Å². The van der Waals surface area contributed by atoms with Gasteiger partial charge in [-0.05, 0) is 30.2 Å². The smallest absolute Gasteiger partial charge is 0.127 e. The molecular weight excluding hydrogens is 285 g/mol. The third-order valence-corrected chi connectivity index (χ3v) is 3.60. The Morgan fingerprint density at radius 3 is 2.71 bits per heavy atom. The van der Waals surface area contributed by atoms with E-state index in [0.717, 1.165) is 22.2 Å². The van der Waals surface area contributed by atoms with E-state index in [0.29, 0.717) is 12.8 Å². The Morgan fingerprint density at radius 2 is 2.18 bits per heavy atom. The minimum atomic E-state index is -1.33. The summed E-state index contributed by atoms with van der Waals surface area (Å²) < 4.78 is 20.5. The molecular formula is C13H19BrFNO. The van der Waals surface area contributed by atoms with Crippen molar-refractivity contribution < 1.29 is 9.13 Å². The molecule has 1 aromatic rings. The van der Waals surface area contributed by atoms with Crippen LogP contribution in [-0.4, -0.2) is 19.3 Å². The summed E-state index contributed by atoms with van der Waals surface area (Å²) in [5.41, 5.74) is 5.10. The normalized spacial score (nSPS) is 14.4. The fourth-order valence-electron chi connectivity index (χ4n) is 1.87. The minimum Gasteiger partial charge on any atom is -0.497 e. The molecule has 0 bridgehead atoms. The molecule has 1 atom stereocenters. The Labute approximate surface area is 110 Å². The van der Waals surface area contributed by atoms with Crippen LogP contribution in [-0.2, 0) is 6.42 Å². The van der Waals surface area contributed by atoms with Crippen LogP contribution >= 0.6 is 15.9 Å². The monoisotopic (exact) mass is 303 g/mol. The van der Waals surface area contributed by atoms with Crippen LogP contribution in [0, 0.1) is 0 Å². The predicted molar refractivity (Wildman–Crippen MR) is 72.2 cm³/mol. The maximum absolute atomic E-state index is 14.4. The van der Waals surface area contributed by atoms with Crippen molar-refractivity contribution in [2.24, 2.45) is 5.73 Å². The number of alkyl halides is 1. The van der Waals surface area contributed by atoms with Crippen molar-refractivity contribution in [3.63, 3.8) is 0 Å². The lowest BCUT2D eigenvalue weighted by Crippen LogP contribution is -2.35. The highest BCUT2D eigenvalue weighted by Crippen LogP contribution is 2.29. The minimum absolute atomic E-state index is 0.0461. The summed E-state index contributed by atoms with van der Waals surface area (Å²) in [6, 6.07) is 5.57. The molecule has 0 heterocycles. The summed E-state index contributed by atoms with van der Waals surface area (Å²) in [5.74, 6) is 0.735. The van der Waals surface area contributed by atoms with Crippen molar-refractivity contribution in [1.29, 1.82) is 0 Å². The summed E-state index contributed by atoms with van der Waals surface area (Å²) in [6.45, 7) is 2.01. The largest absolute Gasteiger partial charge is 0.497 e. The molecule has 96 valence electrons. The second kappa shape index (κ2) is 6.36. The van der Waals surface area contributed by atoms with Gasteiger partial charge in [0.25, 0.3) is 0 Å². The number of ether oxygens (including phenoxy) is 1. The first kappa shape index (κ1) is 14.5. The number of halogens is 2. The van der Waals surface area contributed by atoms with Gasteiger partial charge in [0, 0.05) is 17.4 Å². The van der Waals surface area contributed by atoms with Gasteiger partial charge in [0.2, 0.25) is 0 Å². The predicted octanol–water partition coefficient (Wildman–Crippen LogP) is 3.47. The van der Waals surface area contributed by atoms with Crippen molar-refractivity contribution >= 4 is 15.9 Å². The lowest BCUT2D eigenvalue weighted by Gasteiger charge is -2.24. The van der Waals surface area contributed by atoms with E-state index in [1.165, 1.54) is 0 Å². The molecule has 2 nitrogen and oxygen atoms in total. The van der Waals surface area contributed by atoms with E-state index < -0.39 is 5.67 Å². The molecule has 0 aliphatic carbocycles. The van der Waals surface area contributed by atoms with E-state index in [-0.39, 0.29) is 6.54 Å². The van der Waals surface area contributed by atoms with Gasteiger partial charge in [0.15, 0.2) is 0 Å². The molecule has 1 unspecified atom stereocenters. The first-order valence-electron chi connectivity index (χ1n) is 5.76. The van der Waals surface area contributed by atoms with Gasteiger partial charge in [0.05, 0.1) is 7.11 Å². The van der Waals surface area contributed by atoms with E-state index in [2.05, 4.69) is 15.9 Å². The fraction of sp³-hybridized carbons (Fsp3) is 0.538. The number of hydrogen-bond donors (Lipinski definition) is 1. The molecule has 17 heavy (non-hydrogen) atoms. The Kier molecular flexibility index (Phi) is 5.40. The van der Waals surface area contributed by atoms with Gasteiger partial charge in [-0.15, -0.1) is 0 Å². The molecule has 1 rings (SSSR count). The zero-order valence-electron chi connectivity index (χ0n) is 10.3. The van der Waals surface area contributed by atoms with Gasteiger partial charge >= 0.3 is 0 Å². The molecule has 0 radical (unpaired) electrons. The Balaban J connectivity index is 2.92. The first-order chi connectivity index (χ1) is 8.04. The second-order valence-electron chi connectivity index (χ2n) is 4.24. The molecule has 0 saturated carbocycles. The Bertz CT molecular complexity index is 372. The molecule has 0 saturated heterocycles. The number of methoxy groups -OCH3 is 1. The van der Waals surface area contributed by atoms with Crippen molar-refractivity contribution in [2.75, 3.05) is 13.7 Å². The van der Waals surface area contributed by atoms with Crippen LogP contribution < -0.4 is 10.5 Å². The van der Waals surface area contributed by atoms with Gasteiger partial charge in [-0.1, -0.05) is 29.3 Å². The summed E-state index contributed by atoms with van der Waals surface area (Å²) in [7, 11) is 1.60. The van der Waals surface area contributed by atoms with Crippen LogP contribution in [0.5, 0.6) is 5.75 Å². The fourth-order valence-corrected chi connectivity index (χ4v) is 2.25. The molecule has 0 aliphatic rings. The maximum Gasteiger partial charge on any atom is 0.127 e. The highest BCUT2D eigenvalue weighted by atomic mass is 79.9. The topological polar surface area (TPSA) is 35.2 Å². The zero-order valence-corrected chi connectivity index (χ0v) is 11.9. The van der Waals surface area contributed by atoms with Crippen LogP contribution in [0.25, 0.3) is 0 Å². The molecule has 0 fully saturated rings. The second-order valence-corrected chi connectivity index (χ2v) is 5.09. The average Bonchev–Trinajstić information content (AvgIpc) is 2.32. The average molecular weight is 304 g/mol. The standard InChI is InChI=1S/C13H19BrFNO/c1-3-6-13(15,9-16)8-10-7-11(17-2)4-5-12(10)14/h4-5,7H,3,6,8-9,16H2,1-2H3. The van der Waals surface area contributed by atoms with E-state index in [1.54, 1.807) is 7.11 Å². The molecule has 1 aromatic carbocycles. The van der Waals surface area contributed by atoms with Crippen molar-refractivity contribution in [2.45, 2.75) is 31.9 Å². The van der Waals surface area contributed by atoms with E-state index in [4.69, 9.17) is 10.5 Å². The van der Waals surface area contributed by atoms with Crippen LogP contribution in [0.1, 0.15) is 25.3 Å². The number of benzene rings is 1. The molecule has 2 N–H and O–H groups in total. The molecule has 0 aromatic heterocycles. The first-order valence-corrected chi connectivity index (χ1v) is 6.55. The van der Waals surface area contributed by atoms with Crippen LogP contribution in [0.4, 0.5) is 4.39 Å². The third kappa shape index (κ3) is 3.96. The van der Waals surface area contributed by atoms with E-state index in [1.807, 2.05) is 25.1 Å². The Morgan fingerprint density at radius 1 is 1.47 bits per heavy atom. The highest BCUT2D eigenvalue weighted by molar-refractivity contribution is 9.10. The lowest BCUT2D eigenvalue weighted by atomic mass is 9.92. The van der Waals surface area contributed by atoms with E-state index in [9.17, 15) is 4.39 Å². The summed E-state index contributed by atoms with van der Waals surface area (Å²) in [4.78, 5) is 0. The SMILES string of the molecule is CCCC(F)(CN)Cc1cc(OC)ccc1Br. The number of nitrogens with two attached hydrogens (primary N) is 1. The third-order valence-electron chi connectivity index (χ3n) is 2.82. The Hall–Kier alpha value is -0.610. The van der Waals surface area contributed by atoms with Crippen LogP contribution in [0.15, 0.2) is 22.7 Å². The van der Waals surface area contributed by atoms with Gasteiger partial charge in [0.1, 0.15) is 11.4 Å². The molecule has 0 spiro atoms. The van der Waals surface area contributed by atoms with Crippen LogP contribution in [0.2, 0.25) is 0 Å². The molecule has 0 amide bonds. The summed E-state index contributed by atoms with van der Waals surface area (Å²) >= 11 is 3.43. The van der Waals surface area contributed by atoms with E-state index >= 15 is 0 Å². The van der Waals surface area contributed by atoms with Crippen molar-refractivity contribution in [1.82, 2.24) is 0 Å².